The lowest BCUT2D eigenvalue weighted by molar-refractivity contribution is 0.0696. The summed E-state index contributed by atoms with van der Waals surface area (Å²) in [6.45, 7) is -0.185. The van der Waals surface area contributed by atoms with Crippen LogP contribution in [0.2, 0.25) is 0 Å². The Hall–Kier alpha value is -3.02. The molecular weight excluding hydrogens is 300 g/mol. The molecule has 0 heterocycles. The van der Waals surface area contributed by atoms with Gasteiger partial charge in [0.1, 0.15) is 17.2 Å². The number of Topliss-reactive ketones (excluding diaryl/α,β-unsaturated/α-hetero) is 1. The highest BCUT2D eigenvalue weighted by Gasteiger charge is 2.14. The SMILES string of the molecule is COc1ccc(C(=O)COc2ccc(C(=O)O)cc2)c(OC)c1. The minimum atomic E-state index is -1.02. The first-order chi connectivity index (χ1) is 11.0. The average Bonchev–Trinajstić information content (AvgIpc) is 2.59. The van der Waals surface area contributed by atoms with Crippen LogP contribution in [0.3, 0.4) is 0 Å². The molecular formula is C17H16O6. The Morgan fingerprint density at radius 3 is 2.17 bits per heavy atom. The van der Waals surface area contributed by atoms with Crippen molar-refractivity contribution in [2.24, 2.45) is 0 Å². The summed E-state index contributed by atoms with van der Waals surface area (Å²) in [6.07, 6.45) is 0. The molecule has 0 radical (unpaired) electrons. The lowest BCUT2D eigenvalue weighted by atomic mass is 10.1. The highest BCUT2D eigenvalue weighted by Crippen LogP contribution is 2.25. The number of methoxy groups -OCH3 is 2. The Bertz CT molecular complexity index is 706. The molecule has 0 amide bonds. The van der Waals surface area contributed by atoms with Gasteiger partial charge in [-0.1, -0.05) is 0 Å². The first-order valence-corrected chi connectivity index (χ1v) is 6.76. The highest BCUT2D eigenvalue weighted by atomic mass is 16.5. The van der Waals surface area contributed by atoms with Crippen molar-refractivity contribution in [1.82, 2.24) is 0 Å². The fourth-order valence-corrected chi connectivity index (χ4v) is 1.95. The van der Waals surface area contributed by atoms with Crippen molar-refractivity contribution in [2.45, 2.75) is 0 Å². The predicted octanol–water partition coefficient (Wildman–Crippen LogP) is 2.66. The summed E-state index contributed by atoms with van der Waals surface area (Å²) >= 11 is 0. The average molecular weight is 316 g/mol. The fourth-order valence-electron chi connectivity index (χ4n) is 1.95. The van der Waals surface area contributed by atoms with E-state index in [1.54, 1.807) is 18.2 Å². The van der Waals surface area contributed by atoms with Crippen LogP contribution in [-0.2, 0) is 0 Å². The van der Waals surface area contributed by atoms with Crippen LogP contribution in [-0.4, -0.2) is 37.7 Å². The summed E-state index contributed by atoms with van der Waals surface area (Å²) in [6, 6.07) is 10.7. The minimum Gasteiger partial charge on any atom is -0.497 e. The third-order valence-corrected chi connectivity index (χ3v) is 3.18. The third kappa shape index (κ3) is 4.00. The van der Waals surface area contributed by atoms with Gasteiger partial charge in [0.15, 0.2) is 6.61 Å². The topological polar surface area (TPSA) is 82.1 Å². The van der Waals surface area contributed by atoms with Gasteiger partial charge in [0.2, 0.25) is 5.78 Å². The van der Waals surface area contributed by atoms with Crippen molar-refractivity contribution in [3.05, 3.63) is 53.6 Å². The van der Waals surface area contributed by atoms with E-state index in [2.05, 4.69) is 0 Å². The molecule has 1 N–H and O–H groups in total. The Balaban J connectivity index is 2.06. The molecule has 0 aliphatic heterocycles. The van der Waals surface area contributed by atoms with E-state index in [9.17, 15) is 9.59 Å². The van der Waals surface area contributed by atoms with Gasteiger partial charge in [-0.15, -0.1) is 0 Å². The van der Waals surface area contributed by atoms with Gasteiger partial charge in [0, 0.05) is 6.07 Å². The van der Waals surface area contributed by atoms with Gasteiger partial charge in [0.05, 0.1) is 25.3 Å². The molecule has 6 heteroatoms. The first kappa shape index (κ1) is 16.4. The molecule has 0 aliphatic rings. The zero-order valence-corrected chi connectivity index (χ0v) is 12.7. The molecule has 0 unspecified atom stereocenters. The summed E-state index contributed by atoms with van der Waals surface area (Å²) in [7, 11) is 3.00. The Morgan fingerprint density at radius 1 is 0.957 bits per heavy atom. The van der Waals surface area contributed by atoms with Crippen LogP contribution in [0.1, 0.15) is 20.7 Å². The van der Waals surface area contributed by atoms with Crippen molar-refractivity contribution in [3.63, 3.8) is 0 Å². The molecule has 2 aromatic rings. The molecule has 23 heavy (non-hydrogen) atoms. The fraction of sp³-hybridized carbons (Fsp3) is 0.176. The van der Waals surface area contributed by atoms with Crippen LogP contribution in [0.25, 0.3) is 0 Å². The van der Waals surface area contributed by atoms with Crippen LogP contribution >= 0.6 is 0 Å². The molecule has 2 rings (SSSR count). The lowest BCUT2D eigenvalue weighted by Gasteiger charge is -2.10. The molecule has 0 saturated heterocycles. The predicted molar refractivity (Wildman–Crippen MR) is 82.8 cm³/mol. The van der Waals surface area contributed by atoms with E-state index in [4.69, 9.17) is 19.3 Å². The number of carbonyl (C=O) groups excluding carboxylic acids is 1. The Labute approximate surface area is 133 Å². The van der Waals surface area contributed by atoms with E-state index in [0.717, 1.165) is 0 Å². The molecule has 0 atom stereocenters. The molecule has 0 spiro atoms. The summed E-state index contributed by atoms with van der Waals surface area (Å²) in [4.78, 5) is 23.0. The maximum atomic E-state index is 12.2. The van der Waals surface area contributed by atoms with Crippen molar-refractivity contribution < 1.29 is 28.9 Å². The smallest absolute Gasteiger partial charge is 0.335 e. The number of carboxylic acids is 1. The van der Waals surface area contributed by atoms with Crippen molar-refractivity contribution in [3.8, 4) is 17.2 Å². The maximum Gasteiger partial charge on any atom is 0.335 e. The van der Waals surface area contributed by atoms with Gasteiger partial charge in [-0.2, -0.15) is 0 Å². The quantitative estimate of drug-likeness (QED) is 0.791. The van der Waals surface area contributed by atoms with Crippen molar-refractivity contribution in [2.75, 3.05) is 20.8 Å². The number of carbonyl (C=O) groups is 2. The molecule has 0 aromatic heterocycles. The molecule has 0 bridgehead atoms. The lowest BCUT2D eigenvalue weighted by Crippen LogP contribution is -2.13. The van der Waals surface area contributed by atoms with Gasteiger partial charge in [-0.05, 0) is 36.4 Å². The van der Waals surface area contributed by atoms with Crippen molar-refractivity contribution in [1.29, 1.82) is 0 Å². The van der Waals surface area contributed by atoms with Gasteiger partial charge < -0.3 is 19.3 Å². The number of hydrogen-bond donors (Lipinski definition) is 1. The maximum absolute atomic E-state index is 12.2. The molecule has 0 saturated carbocycles. The summed E-state index contributed by atoms with van der Waals surface area (Å²) in [5, 5.41) is 8.82. The van der Waals surface area contributed by atoms with Crippen LogP contribution in [0.4, 0.5) is 0 Å². The first-order valence-electron chi connectivity index (χ1n) is 6.76. The van der Waals surface area contributed by atoms with E-state index in [1.165, 1.54) is 38.5 Å². The van der Waals surface area contributed by atoms with Gasteiger partial charge in [0.25, 0.3) is 0 Å². The number of aromatic carboxylic acids is 1. The molecule has 2 aromatic carbocycles. The van der Waals surface area contributed by atoms with E-state index in [0.29, 0.717) is 22.8 Å². The third-order valence-electron chi connectivity index (χ3n) is 3.18. The minimum absolute atomic E-state index is 0.153. The monoisotopic (exact) mass is 316 g/mol. The largest absolute Gasteiger partial charge is 0.497 e. The summed E-state index contributed by atoms with van der Waals surface area (Å²) in [5.41, 5.74) is 0.538. The number of carboxylic acid groups (broad SMARTS) is 1. The highest BCUT2D eigenvalue weighted by molar-refractivity contribution is 6.00. The van der Waals surface area contributed by atoms with E-state index in [-0.39, 0.29) is 18.0 Å². The second kappa shape index (κ2) is 7.31. The van der Waals surface area contributed by atoms with Crippen LogP contribution in [0.5, 0.6) is 17.2 Å². The Morgan fingerprint density at radius 2 is 1.61 bits per heavy atom. The van der Waals surface area contributed by atoms with Gasteiger partial charge in [-0.25, -0.2) is 4.79 Å². The van der Waals surface area contributed by atoms with Crippen LogP contribution in [0.15, 0.2) is 42.5 Å². The molecule has 120 valence electrons. The second-order valence-corrected chi connectivity index (χ2v) is 4.61. The number of benzene rings is 2. The van der Waals surface area contributed by atoms with Crippen LogP contribution in [0, 0.1) is 0 Å². The number of ketones is 1. The molecule has 0 aliphatic carbocycles. The normalized spacial score (nSPS) is 10.0. The molecule has 6 nitrogen and oxygen atoms in total. The summed E-state index contributed by atoms with van der Waals surface area (Å²) in [5.74, 6) is 0.126. The van der Waals surface area contributed by atoms with E-state index >= 15 is 0 Å². The number of ether oxygens (including phenoxy) is 3. The standard InChI is InChI=1S/C17H16O6/c1-21-13-7-8-14(16(9-13)22-2)15(18)10-23-12-5-3-11(4-6-12)17(19)20/h3-9H,10H2,1-2H3,(H,19,20). The van der Waals surface area contributed by atoms with Crippen LogP contribution < -0.4 is 14.2 Å². The van der Waals surface area contributed by atoms with E-state index in [1.807, 2.05) is 0 Å². The van der Waals surface area contributed by atoms with Crippen molar-refractivity contribution >= 4 is 11.8 Å². The second-order valence-electron chi connectivity index (χ2n) is 4.61. The zero-order chi connectivity index (χ0) is 16.8. The number of rotatable bonds is 7. The molecule has 0 fully saturated rings. The summed E-state index contributed by atoms with van der Waals surface area (Å²) < 4.78 is 15.6. The Kier molecular flexibility index (Phi) is 5.19. The zero-order valence-electron chi connectivity index (χ0n) is 12.7. The van der Waals surface area contributed by atoms with Gasteiger partial charge >= 0.3 is 5.97 Å². The number of hydrogen-bond acceptors (Lipinski definition) is 5. The van der Waals surface area contributed by atoms with Gasteiger partial charge in [-0.3, -0.25) is 4.79 Å². The van der Waals surface area contributed by atoms with E-state index < -0.39 is 5.97 Å².